The van der Waals surface area contributed by atoms with Crippen LogP contribution in [0.15, 0.2) is 91.1 Å². The highest BCUT2D eigenvalue weighted by molar-refractivity contribution is 5.93. The number of carbonyl (C=O) groups excluding carboxylic acids is 1. The molecule has 3 aromatic carbocycles. The Kier molecular flexibility index (Phi) is 7.58. The highest BCUT2D eigenvalue weighted by atomic mass is 16.4. The second-order valence-corrected chi connectivity index (χ2v) is 14.0. The summed E-state index contributed by atoms with van der Waals surface area (Å²) >= 11 is 0. The second-order valence-electron chi connectivity index (χ2n) is 14.0. The Balaban J connectivity index is 1.42. The largest absolute Gasteiger partial charge is 0.465 e. The quantitative estimate of drug-likeness (QED) is 0.167. The lowest BCUT2D eigenvalue weighted by Crippen LogP contribution is -2.60. The van der Waals surface area contributed by atoms with Crippen molar-refractivity contribution in [3.8, 4) is 39.6 Å². The molecule has 0 unspecified atom stereocenters. The van der Waals surface area contributed by atoms with E-state index in [0.29, 0.717) is 5.82 Å². The van der Waals surface area contributed by atoms with E-state index < -0.39 is 17.2 Å². The predicted molar refractivity (Wildman–Crippen MR) is 190 cm³/mol. The molecule has 0 saturated heterocycles. The molecule has 1 aliphatic heterocycles. The van der Waals surface area contributed by atoms with Gasteiger partial charge >= 0.3 is 6.09 Å². The van der Waals surface area contributed by atoms with Crippen molar-refractivity contribution in [2.75, 3.05) is 10.6 Å². The van der Waals surface area contributed by atoms with Crippen LogP contribution in [-0.2, 0) is 10.3 Å². The topological polar surface area (TPSA) is 112 Å². The Morgan fingerprint density at radius 1 is 0.938 bits per heavy atom. The summed E-state index contributed by atoms with van der Waals surface area (Å²) in [6.45, 7) is 9.61. The number of hydrogen-bond donors (Lipinski definition) is 3. The van der Waals surface area contributed by atoms with Crippen LogP contribution in [-0.4, -0.2) is 42.1 Å². The first kappa shape index (κ1) is 31.2. The average molecular weight is 641 g/mol. The van der Waals surface area contributed by atoms with Gasteiger partial charge in [0.1, 0.15) is 5.82 Å². The number of rotatable bonds is 6. The molecule has 0 bridgehead atoms. The Morgan fingerprint density at radius 2 is 1.62 bits per heavy atom. The van der Waals surface area contributed by atoms with Crippen molar-refractivity contribution in [3.05, 3.63) is 96.7 Å². The number of nitrogens with one attached hydrogen (secondary N) is 2. The third-order valence-corrected chi connectivity index (χ3v) is 9.44. The summed E-state index contributed by atoms with van der Waals surface area (Å²) in [5.41, 5.74) is 6.80. The fraction of sp³-hybridized carbons (Fsp3) is 0.282. The number of nitrogens with zero attached hydrogens (tertiary/aromatic N) is 4. The molecule has 9 nitrogen and oxygen atoms in total. The number of anilines is 3. The molecule has 3 N–H and O–H groups in total. The third-order valence-electron chi connectivity index (χ3n) is 9.44. The van der Waals surface area contributed by atoms with Gasteiger partial charge in [-0.3, -0.25) is 14.3 Å². The minimum absolute atomic E-state index is 0.0393. The number of pyridine rings is 1. The average Bonchev–Trinajstić information content (AvgIpc) is 3.37. The van der Waals surface area contributed by atoms with Crippen LogP contribution in [0, 0.1) is 5.92 Å². The molecule has 1 aliphatic carbocycles. The van der Waals surface area contributed by atoms with E-state index in [1.54, 1.807) is 11.1 Å². The van der Waals surface area contributed by atoms with E-state index in [4.69, 9.17) is 9.97 Å². The monoisotopic (exact) mass is 640 g/mol. The van der Waals surface area contributed by atoms with Gasteiger partial charge in [0.15, 0.2) is 5.82 Å². The van der Waals surface area contributed by atoms with Crippen LogP contribution in [0.3, 0.4) is 0 Å². The minimum Gasteiger partial charge on any atom is -0.465 e. The van der Waals surface area contributed by atoms with E-state index in [0.717, 1.165) is 75.8 Å². The van der Waals surface area contributed by atoms with Gasteiger partial charge in [-0.1, -0.05) is 62.4 Å². The maximum atomic E-state index is 12.6. The van der Waals surface area contributed by atoms with E-state index in [1.165, 1.54) is 0 Å². The van der Waals surface area contributed by atoms with Crippen LogP contribution < -0.4 is 10.6 Å². The number of carboxylic acid groups (broad SMARTS) is 1. The van der Waals surface area contributed by atoms with Crippen molar-refractivity contribution in [3.63, 3.8) is 0 Å². The van der Waals surface area contributed by atoms with Crippen molar-refractivity contribution in [1.29, 1.82) is 0 Å². The maximum absolute atomic E-state index is 12.6. The molecule has 48 heavy (non-hydrogen) atoms. The molecule has 9 heteroatoms. The number of fused-ring (bicyclic) bond motifs is 5. The molecule has 2 aliphatic rings. The molecular formula is C39H40N6O3. The van der Waals surface area contributed by atoms with Gasteiger partial charge in [-0.15, -0.1) is 0 Å². The first-order chi connectivity index (χ1) is 23.0. The van der Waals surface area contributed by atoms with Crippen molar-refractivity contribution < 1.29 is 14.7 Å². The van der Waals surface area contributed by atoms with Crippen molar-refractivity contribution in [1.82, 2.24) is 19.4 Å². The lowest BCUT2D eigenvalue weighted by atomic mass is 9.69. The van der Waals surface area contributed by atoms with E-state index in [-0.39, 0.29) is 11.8 Å². The number of carbonyl (C=O) groups is 2. The van der Waals surface area contributed by atoms with Gasteiger partial charge in [0.25, 0.3) is 0 Å². The van der Waals surface area contributed by atoms with Gasteiger partial charge in [-0.05, 0) is 82.0 Å². The number of aromatic nitrogens is 3. The van der Waals surface area contributed by atoms with Crippen molar-refractivity contribution in [2.24, 2.45) is 5.92 Å². The number of hydrogen-bond acceptors (Lipinski definition) is 5. The molecule has 0 atom stereocenters. The van der Waals surface area contributed by atoms with Crippen LogP contribution >= 0.6 is 0 Å². The van der Waals surface area contributed by atoms with Crippen molar-refractivity contribution in [2.45, 2.75) is 65.0 Å². The number of para-hydroxylation sites is 1. The van der Waals surface area contributed by atoms with E-state index in [9.17, 15) is 14.7 Å². The molecule has 2 aromatic heterocycles. The van der Waals surface area contributed by atoms with Gasteiger partial charge in [-0.2, -0.15) is 0 Å². The smallest absolute Gasteiger partial charge is 0.408 e. The van der Waals surface area contributed by atoms with Gasteiger partial charge in [-0.25, -0.2) is 14.8 Å². The first-order valence-corrected chi connectivity index (χ1v) is 16.5. The summed E-state index contributed by atoms with van der Waals surface area (Å²) in [4.78, 5) is 36.7. The molecule has 7 rings (SSSR count). The van der Waals surface area contributed by atoms with E-state index in [1.807, 2.05) is 89.2 Å². The summed E-state index contributed by atoms with van der Waals surface area (Å²) < 4.78 is 2.16. The number of benzene rings is 3. The normalized spacial score (nSPS) is 14.5. The lowest BCUT2D eigenvalue weighted by Gasteiger charge is -2.54. The van der Waals surface area contributed by atoms with Gasteiger partial charge in [0.2, 0.25) is 5.91 Å². The molecule has 1 fully saturated rings. The van der Waals surface area contributed by atoms with Gasteiger partial charge in [0.05, 0.1) is 28.3 Å². The van der Waals surface area contributed by atoms with Crippen LogP contribution in [0.25, 0.3) is 39.6 Å². The van der Waals surface area contributed by atoms with E-state index >= 15 is 0 Å². The zero-order valence-electron chi connectivity index (χ0n) is 27.9. The van der Waals surface area contributed by atoms with Crippen LogP contribution in [0.1, 0.15) is 59.4 Å². The fourth-order valence-electron chi connectivity index (χ4n) is 7.09. The zero-order valence-corrected chi connectivity index (χ0v) is 27.9. The Bertz CT molecular complexity index is 2020. The molecule has 244 valence electrons. The second kappa shape index (κ2) is 11.7. The molecule has 1 saturated carbocycles. The predicted octanol–water partition coefficient (Wildman–Crippen LogP) is 9.08. The molecule has 5 aromatic rings. The molecule has 0 spiro atoms. The Morgan fingerprint density at radius 3 is 2.25 bits per heavy atom. The summed E-state index contributed by atoms with van der Waals surface area (Å²) in [6, 6.07) is 28.2. The van der Waals surface area contributed by atoms with E-state index in [2.05, 4.69) is 45.5 Å². The van der Waals surface area contributed by atoms with Gasteiger partial charge in [0, 0.05) is 40.0 Å². The van der Waals surface area contributed by atoms with Crippen LogP contribution in [0.2, 0.25) is 0 Å². The highest BCUT2D eigenvalue weighted by Gasteiger charge is 2.50. The summed E-state index contributed by atoms with van der Waals surface area (Å²) in [7, 11) is 0. The summed E-state index contributed by atoms with van der Waals surface area (Å²) in [5.74, 6) is 1.32. The zero-order chi connectivity index (χ0) is 33.8. The standard InChI is InChI=1S/C39H40N6O3/c1-24(2)36(46)41-28-19-15-25(16-20-28)32-33(26-13-17-27(18-14-26)39(21-9-22-39)45(37(47)48)38(3,4)5)44-31-12-8-23-40-34(31)42-30-11-7-6-10-29(30)35(44)43-32/h6-8,10-20,23-24H,9,21-22H2,1-5H3,(H,40,42)(H,41,46)(H,47,48). The summed E-state index contributed by atoms with van der Waals surface area (Å²) in [6.07, 6.45) is 3.41. The Hall–Kier alpha value is -5.44. The Labute approximate surface area is 280 Å². The SMILES string of the molecule is CC(C)C(=O)Nc1ccc(-c2nc3n(c2-c2ccc(C4(N(C(=O)O)C(C)(C)C)CCC4)cc2)-c2cccnc2Nc2ccccc2-3)cc1. The first-order valence-electron chi connectivity index (χ1n) is 16.5. The summed E-state index contributed by atoms with van der Waals surface area (Å²) in [5, 5.41) is 16.8. The number of imidazole rings is 1. The minimum atomic E-state index is -0.905. The van der Waals surface area contributed by atoms with Crippen molar-refractivity contribution >= 4 is 29.2 Å². The maximum Gasteiger partial charge on any atom is 0.408 e. The highest BCUT2D eigenvalue weighted by Crippen LogP contribution is 2.50. The van der Waals surface area contributed by atoms with Gasteiger partial charge < -0.3 is 15.7 Å². The molecule has 2 amide bonds. The molecule has 0 radical (unpaired) electrons. The van der Waals surface area contributed by atoms with Crippen LogP contribution in [0.5, 0.6) is 0 Å². The molecule has 3 heterocycles. The van der Waals surface area contributed by atoms with Crippen LogP contribution in [0.4, 0.5) is 22.0 Å². The fourth-order valence-corrected chi connectivity index (χ4v) is 7.09. The lowest BCUT2D eigenvalue weighted by molar-refractivity contribution is -0.118. The molecular weight excluding hydrogens is 600 g/mol. The third kappa shape index (κ3) is 5.19. The number of amides is 2.